The molecule has 2 N–H and O–H groups in total. The van der Waals surface area contributed by atoms with Gasteiger partial charge in [0.1, 0.15) is 0 Å². The van der Waals surface area contributed by atoms with Crippen LogP contribution in [0.25, 0.3) is 0 Å². The molecule has 1 aliphatic rings. The third kappa shape index (κ3) is 3.87. The molecular formula is C12H14Cl2N2O. The van der Waals surface area contributed by atoms with Gasteiger partial charge in [-0.25, -0.2) is 0 Å². The summed E-state index contributed by atoms with van der Waals surface area (Å²) in [6, 6.07) is 5.31. The van der Waals surface area contributed by atoms with Crippen molar-refractivity contribution in [3.05, 3.63) is 28.2 Å². The van der Waals surface area contributed by atoms with E-state index in [0.29, 0.717) is 28.2 Å². The molecule has 0 saturated carbocycles. The number of hydrogen-bond donors (Lipinski definition) is 2. The van der Waals surface area contributed by atoms with Gasteiger partial charge in [0, 0.05) is 28.2 Å². The summed E-state index contributed by atoms with van der Waals surface area (Å²) in [5.41, 5.74) is 0.644. The van der Waals surface area contributed by atoms with Gasteiger partial charge in [-0.2, -0.15) is 0 Å². The summed E-state index contributed by atoms with van der Waals surface area (Å²) in [4.78, 5) is 11.8. The van der Waals surface area contributed by atoms with Gasteiger partial charge in [-0.05, 0) is 37.6 Å². The fraction of sp³-hybridized carbons (Fsp3) is 0.417. The molecule has 0 bridgehead atoms. The maximum atomic E-state index is 11.8. The predicted molar refractivity (Wildman–Crippen MR) is 70.7 cm³/mol. The van der Waals surface area contributed by atoms with Gasteiger partial charge in [0.15, 0.2) is 0 Å². The average Bonchev–Trinajstić information content (AvgIpc) is 2.67. The number of halogens is 2. The predicted octanol–water partition coefficient (Wildman–Crippen LogP) is 3.07. The lowest BCUT2D eigenvalue weighted by atomic mass is 10.1. The fourth-order valence-corrected chi connectivity index (χ4v) is 2.52. The zero-order chi connectivity index (χ0) is 12.3. The second-order valence-corrected chi connectivity index (χ2v) is 5.08. The lowest BCUT2D eigenvalue weighted by Crippen LogP contribution is -2.27. The Morgan fingerprint density at radius 2 is 2.06 bits per heavy atom. The number of carbonyl (C=O) groups is 1. The highest BCUT2D eigenvalue weighted by molar-refractivity contribution is 6.35. The number of benzene rings is 1. The number of anilines is 1. The number of rotatable bonds is 3. The van der Waals surface area contributed by atoms with Crippen molar-refractivity contribution in [2.24, 2.45) is 0 Å². The maximum Gasteiger partial charge on any atom is 0.225 e. The monoisotopic (exact) mass is 272 g/mol. The van der Waals surface area contributed by atoms with Gasteiger partial charge in [-0.1, -0.05) is 23.2 Å². The van der Waals surface area contributed by atoms with Gasteiger partial charge in [-0.3, -0.25) is 4.79 Å². The number of hydrogen-bond acceptors (Lipinski definition) is 2. The van der Waals surface area contributed by atoms with Crippen molar-refractivity contribution in [2.45, 2.75) is 25.3 Å². The van der Waals surface area contributed by atoms with Crippen LogP contribution in [-0.2, 0) is 4.79 Å². The Labute approximate surface area is 110 Å². The zero-order valence-electron chi connectivity index (χ0n) is 9.30. The Kier molecular flexibility index (Phi) is 4.26. The topological polar surface area (TPSA) is 41.1 Å². The second kappa shape index (κ2) is 5.71. The van der Waals surface area contributed by atoms with Crippen LogP contribution in [0.15, 0.2) is 18.2 Å². The third-order valence-electron chi connectivity index (χ3n) is 2.74. The molecular weight excluding hydrogens is 259 g/mol. The van der Waals surface area contributed by atoms with Crippen molar-refractivity contribution in [1.29, 1.82) is 0 Å². The van der Waals surface area contributed by atoms with E-state index in [9.17, 15) is 4.79 Å². The normalized spacial score (nSPS) is 19.3. The van der Waals surface area contributed by atoms with Crippen molar-refractivity contribution >= 4 is 34.8 Å². The highest BCUT2D eigenvalue weighted by atomic mass is 35.5. The van der Waals surface area contributed by atoms with Crippen molar-refractivity contribution < 1.29 is 4.79 Å². The fourth-order valence-electron chi connectivity index (χ4n) is 1.99. The standard InChI is InChI=1S/C12H14Cl2N2O/c13-8-4-9(14)6-11(5-8)16-12(17)7-10-2-1-3-15-10/h4-6,10,15H,1-3,7H2,(H,16,17). The van der Waals surface area contributed by atoms with Crippen LogP contribution in [0.5, 0.6) is 0 Å². The molecule has 1 aromatic carbocycles. The van der Waals surface area contributed by atoms with E-state index < -0.39 is 0 Å². The van der Waals surface area contributed by atoms with E-state index in [0.717, 1.165) is 19.4 Å². The minimum atomic E-state index is -0.0114. The first-order chi connectivity index (χ1) is 8.13. The molecule has 0 spiro atoms. The molecule has 1 saturated heterocycles. The van der Waals surface area contributed by atoms with Crippen LogP contribution in [0, 0.1) is 0 Å². The lowest BCUT2D eigenvalue weighted by molar-refractivity contribution is -0.116. The Morgan fingerprint density at radius 3 is 2.65 bits per heavy atom. The van der Waals surface area contributed by atoms with Crippen LogP contribution in [0.3, 0.4) is 0 Å². The van der Waals surface area contributed by atoms with Gasteiger partial charge in [-0.15, -0.1) is 0 Å². The van der Waals surface area contributed by atoms with E-state index in [4.69, 9.17) is 23.2 Å². The van der Waals surface area contributed by atoms with Crippen molar-refractivity contribution in [2.75, 3.05) is 11.9 Å². The highest BCUT2D eigenvalue weighted by Gasteiger charge is 2.17. The van der Waals surface area contributed by atoms with Crippen LogP contribution in [0.2, 0.25) is 10.0 Å². The van der Waals surface area contributed by atoms with Crippen LogP contribution in [0.1, 0.15) is 19.3 Å². The Morgan fingerprint density at radius 1 is 1.35 bits per heavy atom. The first kappa shape index (κ1) is 12.7. The Balaban J connectivity index is 1.92. The number of carbonyl (C=O) groups excluding carboxylic acids is 1. The molecule has 1 heterocycles. The van der Waals surface area contributed by atoms with E-state index in [1.54, 1.807) is 18.2 Å². The van der Waals surface area contributed by atoms with E-state index in [1.165, 1.54) is 0 Å². The van der Waals surface area contributed by atoms with Gasteiger partial charge < -0.3 is 10.6 Å². The van der Waals surface area contributed by atoms with E-state index >= 15 is 0 Å². The van der Waals surface area contributed by atoms with Crippen molar-refractivity contribution in [3.8, 4) is 0 Å². The third-order valence-corrected chi connectivity index (χ3v) is 3.18. The highest BCUT2D eigenvalue weighted by Crippen LogP contribution is 2.22. The van der Waals surface area contributed by atoms with E-state index in [1.807, 2.05) is 0 Å². The smallest absolute Gasteiger partial charge is 0.225 e. The Hall–Kier alpha value is -0.770. The van der Waals surface area contributed by atoms with Crippen LogP contribution >= 0.6 is 23.2 Å². The molecule has 17 heavy (non-hydrogen) atoms. The summed E-state index contributed by atoms with van der Waals surface area (Å²) in [6.07, 6.45) is 2.69. The minimum absolute atomic E-state index is 0.0114. The minimum Gasteiger partial charge on any atom is -0.326 e. The van der Waals surface area contributed by atoms with Crippen LogP contribution in [-0.4, -0.2) is 18.5 Å². The molecule has 1 atom stereocenters. The SMILES string of the molecule is O=C(CC1CCCN1)Nc1cc(Cl)cc(Cl)c1. The summed E-state index contributed by atoms with van der Waals surface area (Å²) in [5, 5.41) is 7.13. The molecule has 2 rings (SSSR count). The number of nitrogens with one attached hydrogen (secondary N) is 2. The first-order valence-corrected chi connectivity index (χ1v) is 6.38. The van der Waals surface area contributed by atoms with E-state index in [2.05, 4.69) is 10.6 Å². The summed E-state index contributed by atoms with van der Waals surface area (Å²) in [7, 11) is 0. The molecule has 0 aliphatic carbocycles. The van der Waals surface area contributed by atoms with E-state index in [-0.39, 0.29) is 5.91 Å². The molecule has 3 nitrogen and oxygen atoms in total. The summed E-state index contributed by atoms with van der Waals surface area (Å²) < 4.78 is 0. The molecule has 1 amide bonds. The molecule has 0 radical (unpaired) electrons. The largest absolute Gasteiger partial charge is 0.326 e. The van der Waals surface area contributed by atoms with Gasteiger partial charge in [0.25, 0.3) is 0 Å². The van der Waals surface area contributed by atoms with Gasteiger partial charge in [0.05, 0.1) is 0 Å². The van der Waals surface area contributed by atoms with Gasteiger partial charge in [0.2, 0.25) is 5.91 Å². The molecule has 1 aromatic rings. The molecule has 5 heteroatoms. The summed E-state index contributed by atoms with van der Waals surface area (Å²) in [6.45, 7) is 1.00. The molecule has 1 aliphatic heterocycles. The first-order valence-electron chi connectivity index (χ1n) is 5.63. The molecule has 92 valence electrons. The summed E-state index contributed by atoms with van der Waals surface area (Å²) >= 11 is 11.7. The molecule has 1 fully saturated rings. The summed E-state index contributed by atoms with van der Waals surface area (Å²) in [5.74, 6) is -0.0114. The molecule has 0 aromatic heterocycles. The Bertz CT molecular complexity index is 397. The number of amides is 1. The zero-order valence-corrected chi connectivity index (χ0v) is 10.8. The van der Waals surface area contributed by atoms with Crippen molar-refractivity contribution in [1.82, 2.24) is 5.32 Å². The molecule has 1 unspecified atom stereocenters. The van der Waals surface area contributed by atoms with Crippen molar-refractivity contribution in [3.63, 3.8) is 0 Å². The lowest BCUT2D eigenvalue weighted by Gasteiger charge is -2.10. The quantitative estimate of drug-likeness (QED) is 0.888. The van der Waals surface area contributed by atoms with Crippen LogP contribution < -0.4 is 10.6 Å². The van der Waals surface area contributed by atoms with Gasteiger partial charge >= 0.3 is 0 Å². The van der Waals surface area contributed by atoms with Crippen LogP contribution in [0.4, 0.5) is 5.69 Å². The second-order valence-electron chi connectivity index (χ2n) is 4.20. The average molecular weight is 273 g/mol. The maximum absolute atomic E-state index is 11.8.